The Morgan fingerprint density at radius 1 is 0.909 bits per heavy atom. The molecule has 108 valence electrons. The molecule has 0 spiro atoms. The Hall–Kier alpha value is -2.88. The molecule has 0 radical (unpaired) electrons. The number of fused-ring (bicyclic) bond motifs is 1. The van der Waals surface area contributed by atoms with E-state index in [2.05, 4.69) is 46.2 Å². The van der Waals surface area contributed by atoms with Gasteiger partial charge in [0.15, 0.2) is 0 Å². The number of aryl methyl sites for hydroxylation is 1. The second-order valence-corrected chi connectivity index (χ2v) is 5.34. The number of benzene rings is 2. The Labute approximate surface area is 128 Å². The first-order valence-electron chi connectivity index (χ1n) is 7.31. The molecule has 0 aliphatic rings. The molecule has 4 aromatic rings. The molecule has 0 N–H and O–H groups in total. The van der Waals surface area contributed by atoms with Gasteiger partial charge in [-0.1, -0.05) is 48.5 Å². The van der Waals surface area contributed by atoms with Crippen LogP contribution in [0, 0.1) is 0 Å². The molecule has 4 rings (SSSR count). The normalized spacial score (nSPS) is 11.1. The van der Waals surface area contributed by atoms with Crippen molar-refractivity contribution >= 4 is 10.9 Å². The fraction of sp³-hybridized carbons (Fsp3) is 0.111. The zero-order chi connectivity index (χ0) is 14.9. The highest BCUT2D eigenvalue weighted by atomic mass is 15.3. The summed E-state index contributed by atoms with van der Waals surface area (Å²) in [5, 5.41) is 10.3. The Morgan fingerprint density at radius 2 is 1.68 bits per heavy atom. The van der Waals surface area contributed by atoms with Crippen molar-refractivity contribution in [1.82, 2.24) is 19.6 Å². The van der Waals surface area contributed by atoms with Gasteiger partial charge < -0.3 is 0 Å². The maximum Gasteiger partial charge on any atom is 0.100 e. The summed E-state index contributed by atoms with van der Waals surface area (Å²) in [6, 6.07) is 20.7. The van der Waals surface area contributed by atoms with Crippen LogP contribution in [0.1, 0.15) is 5.69 Å². The summed E-state index contributed by atoms with van der Waals surface area (Å²) < 4.78 is 3.94. The lowest BCUT2D eigenvalue weighted by Crippen LogP contribution is -2.06. The van der Waals surface area contributed by atoms with E-state index in [1.807, 2.05) is 42.2 Å². The van der Waals surface area contributed by atoms with Gasteiger partial charge >= 0.3 is 0 Å². The number of hydrogen-bond acceptors (Lipinski definition) is 2. The van der Waals surface area contributed by atoms with Gasteiger partial charge in [-0.2, -0.15) is 10.2 Å². The van der Waals surface area contributed by atoms with Crippen molar-refractivity contribution in [2.45, 2.75) is 6.54 Å². The highest BCUT2D eigenvalue weighted by molar-refractivity contribution is 5.93. The number of nitrogens with zero attached hydrogens (tertiary/aromatic N) is 4. The minimum Gasteiger partial charge on any atom is -0.271 e. The quantitative estimate of drug-likeness (QED) is 0.578. The summed E-state index contributed by atoms with van der Waals surface area (Å²) in [5.41, 5.74) is 4.44. The molecular formula is C18H16N4. The monoisotopic (exact) mass is 288 g/mol. The van der Waals surface area contributed by atoms with Crippen LogP contribution in [-0.2, 0) is 13.6 Å². The Kier molecular flexibility index (Phi) is 3.00. The van der Waals surface area contributed by atoms with Gasteiger partial charge in [-0.3, -0.25) is 9.36 Å². The van der Waals surface area contributed by atoms with Gasteiger partial charge in [0, 0.05) is 24.2 Å². The molecule has 2 aromatic heterocycles. The largest absolute Gasteiger partial charge is 0.271 e. The summed E-state index contributed by atoms with van der Waals surface area (Å²) in [6.07, 6.45) is 1.82. The molecule has 4 heteroatoms. The molecule has 0 amide bonds. The van der Waals surface area contributed by atoms with Crippen LogP contribution >= 0.6 is 0 Å². The maximum atomic E-state index is 4.85. The Morgan fingerprint density at radius 3 is 2.45 bits per heavy atom. The van der Waals surface area contributed by atoms with E-state index in [1.165, 1.54) is 5.39 Å². The summed E-state index contributed by atoms with van der Waals surface area (Å²) in [4.78, 5) is 0. The number of hydrogen-bond donors (Lipinski definition) is 0. The van der Waals surface area contributed by atoms with Gasteiger partial charge in [-0.05, 0) is 12.1 Å². The number of para-hydroxylation sites is 1. The van der Waals surface area contributed by atoms with Crippen molar-refractivity contribution in [3.05, 3.63) is 72.6 Å². The van der Waals surface area contributed by atoms with E-state index in [0.717, 1.165) is 22.5 Å². The van der Waals surface area contributed by atoms with E-state index in [4.69, 9.17) is 5.10 Å². The fourth-order valence-electron chi connectivity index (χ4n) is 2.77. The highest BCUT2D eigenvalue weighted by Gasteiger charge is 2.12. The molecule has 0 atom stereocenters. The molecule has 0 unspecified atom stereocenters. The molecule has 2 aromatic carbocycles. The first-order chi connectivity index (χ1) is 10.8. The van der Waals surface area contributed by atoms with Crippen molar-refractivity contribution in [2.75, 3.05) is 0 Å². The molecule has 0 saturated carbocycles. The predicted molar refractivity (Wildman–Crippen MR) is 87.5 cm³/mol. The van der Waals surface area contributed by atoms with Crippen LogP contribution < -0.4 is 0 Å². The smallest absolute Gasteiger partial charge is 0.100 e. The first kappa shape index (κ1) is 12.8. The van der Waals surface area contributed by atoms with E-state index in [-0.39, 0.29) is 0 Å². The highest BCUT2D eigenvalue weighted by Crippen LogP contribution is 2.28. The van der Waals surface area contributed by atoms with Crippen molar-refractivity contribution < 1.29 is 0 Å². The topological polar surface area (TPSA) is 35.6 Å². The number of aromatic nitrogens is 4. The third-order valence-corrected chi connectivity index (χ3v) is 3.94. The third-order valence-electron chi connectivity index (χ3n) is 3.94. The first-order valence-corrected chi connectivity index (χ1v) is 7.31. The summed E-state index contributed by atoms with van der Waals surface area (Å²) in [5.74, 6) is 0. The van der Waals surface area contributed by atoms with Crippen LogP contribution in [0.5, 0.6) is 0 Å². The average Bonchev–Trinajstić information content (AvgIpc) is 3.13. The summed E-state index contributed by atoms with van der Waals surface area (Å²) in [7, 11) is 1.96. The zero-order valence-corrected chi connectivity index (χ0v) is 12.3. The van der Waals surface area contributed by atoms with Gasteiger partial charge in [0.25, 0.3) is 0 Å². The molecule has 0 saturated heterocycles. The Bertz CT molecular complexity index is 919. The third kappa shape index (κ3) is 2.09. The fourth-order valence-corrected chi connectivity index (χ4v) is 2.77. The van der Waals surface area contributed by atoms with Crippen LogP contribution in [0.15, 0.2) is 66.9 Å². The second kappa shape index (κ2) is 5.15. The second-order valence-electron chi connectivity index (χ2n) is 5.34. The maximum absolute atomic E-state index is 4.85. The van der Waals surface area contributed by atoms with Crippen molar-refractivity contribution in [3.63, 3.8) is 0 Å². The van der Waals surface area contributed by atoms with Gasteiger partial charge in [-0.15, -0.1) is 0 Å². The molecule has 4 nitrogen and oxygen atoms in total. The van der Waals surface area contributed by atoms with Crippen LogP contribution in [0.25, 0.3) is 22.2 Å². The van der Waals surface area contributed by atoms with Gasteiger partial charge in [0.05, 0.1) is 17.8 Å². The van der Waals surface area contributed by atoms with Crippen molar-refractivity contribution in [1.29, 1.82) is 0 Å². The van der Waals surface area contributed by atoms with E-state index < -0.39 is 0 Å². The standard InChI is InChI=1S/C18H16N4/c1-21-15(11-12-19-21)13-22-17-10-6-5-9-16(17)18(20-22)14-7-3-2-4-8-14/h2-12H,13H2,1H3. The van der Waals surface area contributed by atoms with Crippen LogP contribution in [0.3, 0.4) is 0 Å². The predicted octanol–water partition coefficient (Wildman–Crippen LogP) is 3.49. The van der Waals surface area contributed by atoms with Crippen molar-refractivity contribution in [3.8, 4) is 11.3 Å². The lowest BCUT2D eigenvalue weighted by Gasteiger charge is -2.03. The average molecular weight is 288 g/mol. The van der Waals surface area contributed by atoms with Gasteiger partial charge in [0.1, 0.15) is 5.69 Å². The van der Waals surface area contributed by atoms with E-state index >= 15 is 0 Å². The molecule has 0 bridgehead atoms. The molecule has 0 aliphatic carbocycles. The lowest BCUT2D eigenvalue weighted by molar-refractivity contribution is 0.635. The SMILES string of the molecule is Cn1nccc1Cn1nc(-c2ccccc2)c2ccccc21. The molecule has 0 fully saturated rings. The van der Waals surface area contributed by atoms with Crippen LogP contribution in [0.2, 0.25) is 0 Å². The van der Waals surface area contributed by atoms with E-state index in [0.29, 0.717) is 6.54 Å². The van der Waals surface area contributed by atoms with Crippen molar-refractivity contribution in [2.24, 2.45) is 7.05 Å². The van der Waals surface area contributed by atoms with Gasteiger partial charge in [0.2, 0.25) is 0 Å². The minimum absolute atomic E-state index is 0.712. The lowest BCUT2D eigenvalue weighted by atomic mass is 10.1. The number of rotatable bonds is 3. The van der Waals surface area contributed by atoms with E-state index in [9.17, 15) is 0 Å². The summed E-state index contributed by atoms with van der Waals surface area (Å²) >= 11 is 0. The Balaban J connectivity index is 1.88. The van der Waals surface area contributed by atoms with Gasteiger partial charge in [-0.25, -0.2) is 0 Å². The molecule has 2 heterocycles. The molecule has 22 heavy (non-hydrogen) atoms. The molecular weight excluding hydrogens is 272 g/mol. The minimum atomic E-state index is 0.712. The van der Waals surface area contributed by atoms with Crippen LogP contribution in [0.4, 0.5) is 0 Å². The van der Waals surface area contributed by atoms with E-state index in [1.54, 1.807) is 0 Å². The zero-order valence-electron chi connectivity index (χ0n) is 12.3. The molecule has 0 aliphatic heterocycles. The summed E-state index contributed by atoms with van der Waals surface area (Å²) in [6.45, 7) is 0.712. The van der Waals surface area contributed by atoms with Crippen LogP contribution in [-0.4, -0.2) is 19.6 Å².